The Morgan fingerprint density at radius 1 is 1.26 bits per heavy atom. The first kappa shape index (κ1) is 13.6. The van der Waals surface area contributed by atoms with Gasteiger partial charge in [-0.3, -0.25) is 4.72 Å². The zero-order valence-electron chi connectivity index (χ0n) is 10.1. The summed E-state index contributed by atoms with van der Waals surface area (Å²) in [6.07, 6.45) is 4.77. The van der Waals surface area contributed by atoms with Gasteiger partial charge in [0.05, 0.1) is 18.6 Å². The molecule has 2 aromatic rings. The van der Waals surface area contributed by atoms with Crippen LogP contribution < -0.4 is 10.0 Å². The standard InChI is InChI=1S/C9H12N6O2S2/c1-2-3-10-9-11-4-7(5-12-9)19(16,17)14-8-6-13-15-18-8/h4-6,14H,2-3H2,1H3,(H,10,11,12). The quantitative estimate of drug-likeness (QED) is 0.817. The van der Waals surface area contributed by atoms with Gasteiger partial charge in [-0.15, -0.1) is 5.10 Å². The smallest absolute Gasteiger partial charge is 0.265 e. The van der Waals surface area contributed by atoms with Crippen LogP contribution in [0, 0.1) is 0 Å². The van der Waals surface area contributed by atoms with Crippen molar-refractivity contribution in [2.45, 2.75) is 18.2 Å². The Hall–Kier alpha value is -1.81. The van der Waals surface area contributed by atoms with E-state index in [1.54, 1.807) is 0 Å². The maximum Gasteiger partial charge on any atom is 0.265 e. The van der Waals surface area contributed by atoms with Crippen LogP contribution in [0.25, 0.3) is 0 Å². The van der Waals surface area contributed by atoms with Crippen molar-refractivity contribution in [2.75, 3.05) is 16.6 Å². The predicted molar refractivity (Wildman–Crippen MR) is 71.5 cm³/mol. The van der Waals surface area contributed by atoms with E-state index in [-0.39, 0.29) is 4.90 Å². The van der Waals surface area contributed by atoms with E-state index >= 15 is 0 Å². The first-order chi connectivity index (χ1) is 9.12. The SMILES string of the molecule is CCCNc1ncc(S(=O)(=O)Nc2cnns2)cn1. The van der Waals surface area contributed by atoms with Crippen LogP contribution in [0.5, 0.6) is 0 Å². The number of anilines is 2. The van der Waals surface area contributed by atoms with Crippen LogP contribution in [0.3, 0.4) is 0 Å². The molecule has 8 nitrogen and oxygen atoms in total. The molecule has 0 unspecified atom stereocenters. The van der Waals surface area contributed by atoms with Gasteiger partial charge in [-0.2, -0.15) is 0 Å². The predicted octanol–water partition coefficient (Wildman–Crippen LogP) is 0.951. The molecule has 0 saturated carbocycles. The monoisotopic (exact) mass is 300 g/mol. The molecule has 2 heterocycles. The molecule has 0 bridgehead atoms. The second-order valence-electron chi connectivity index (χ2n) is 3.56. The third kappa shape index (κ3) is 3.58. The second kappa shape index (κ2) is 5.89. The van der Waals surface area contributed by atoms with Crippen molar-refractivity contribution in [3.05, 3.63) is 18.6 Å². The van der Waals surface area contributed by atoms with Crippen LogP contribution in [-0.4, -0.2) is 34.5 Å². The number of hydrogen-bond donors (Lipinski definition) is 2. The first-order valence-electron chi connectivity index (χ1n) is 5.48. The summed E-state index contributed by atoms with van der Waals surface area (Å²) in [5.41, 5.74) is 0. The van der Waals surface area contributed by atoms with E-state index < -0.39 is 10.0 Å². The molecule has 0 atom stereocenters. The minimum atomic E-state index is -3.69. The summed E-state index contributed by atoms with van der Waals surface area (Å²) in [5.74, 6) is 0.403. The lowest BCUT2D eigenvalue weighted by Gasteiger charge is -2.06. The van der Waals surface area contributed by atoms with Gasteiger partial charge in [0.2, 0.25) is 5.95 Å². The molecule has 2 N–H and O–H groups in total. The fourth-order valence-electron chi connectivity index (χ4n) is 1.19. The van der Waals surface area contributed by atoms with E-state index in [0.29, 0.717) is 10.9 Å². The largest absolute Gasteiger partial charge is 0.354 e. The first-order valence-corrected chi connectivity index (χ1v) is 7.73. The molecule has 0 amide bonds. The lowest BCUT2D eigenvalue weighted by atomic mass is 10.5. The molecule has 0 aliphatic rings. The van der Waals surface area contributed by atoms with Crippen molar-refractivity contribution < 1.29 is 8.42 Å². The molecule has 19 heavy (non-hydrogen) atoms. The molecular formula is C9H12N6O2S2. The van der Waals surface area contributed by atoms with Crippen LogP contribution in [-0.2, 0) is 10.0 Å². The number of rotatable bonds is 6. The van der Waals surface area contributed by atoms with Gasteiger partial charge < -0.3 is 5.32 Å². The fraction of sp³-hybridized carbons (Fsp3) is 0.333. The third-order valence-corrected chi connectivity index (χ3v) is 4.10. The summed E-state index contributed by atoms with van der Waals surface area (Å²) in [7, 11) is -3.69. The van der Waals surface area contributed by atoms with Gasteiger partial charge in [0, 0.05) is 18.1 Å². The number of hydrogen-bond acceptors (Lipinski definition) is 8. The Morgan fingerprint density at radius 2 is 2.00 bits per heavy atom. The highest BCUT2D eigenvalue weighted by Gasteiger charge is 2.16. The molecule has 0 fully saturated rings. The highest BCUT2D eigenvalue weighted by molar-refractivity contribution is 7.93. The summed E-state index contributed by atoms with van der Waals surface area (Å²) in [4.78, 5) is 7.87. The average molecular weight is 300 g/mol. The van der Waals surface area contributed by atoms with Gasteiger partial charge >= 0.3 is 0 Å². The van der Waals surface area contributed by atoms with E-state index in [9.17, 15) is 8.42 Å². The fourth-order valence-corrected chi connectivity index (χ4v) is 2.76. The van der Waals surface area contributed by atoms with E-state index in [1.807, 2.05) is 6.92 Å². The molecular weight excluding hydrogens is 288 g/mol. The van der Waals surface area contributed by atoms with Crippen molar-refractivity contribution in [3.63, 3.8) is 0 Å². The van der Waals surface area contributed by atoms with Crippen LogP contribution in [0.1, 0.15) is 13.3 Å². The lowest BCUT2D eigenvalue weighted by Crippen LogP contribution is -2.13. The molecule has 2 aromatic heterocycles. The van der Waals surface area contributed by atoms with Gasteiger partial charge in [0.15, 0.2) is 0 Å². The zero-order chi connectivity index (χ0) is 13.7. The molecule has 10 heteroatoms. The molecule has 0 radical (unpaired) electrons. The Kier molecular flexibility index (Phi) is 4.22. The molecule has 102 valence electrons. The Labute approximate surface area is 114 Å². The van der Waals surface area contributed by atoms with Crippen molar-refractivity contribution >= 4 is 32.5 Å². The van der Waals surface area contributed by atoms with Crippen molar-refractivity contribution in [2.24, 2.45) is 0 Å². The summed E-state index contributed by atoms with van der Waals surface area (Å²) in [5, 5.41) is 6.85. The maximum absolute atomic E-state index is 12.0. The second-order valence-corrected chi connectivity index (χ2v) is 6.02. The molecule has 0 saturated heterocycles. The summed E-state index contributed by atoms with van der Waals surface area (Å²) < 4.78 is 29.8. The van der Waals surface area contributed by atoms with Crippen LogP contribution in [0.2, 0.25) is 0 Å². The topological polar surface area (TPSA) is 110 Å². The number of nitrogens with zero attached hydrogens (tertiary/aromatic N) is 4. The third-order valence-electron chi connectivity index (χ3n) is 2.07. The van der Waals surface area contributed by atoms with Gasteiger partial charge in [-0.1, -0.05) is 11.4 Å². The maximum atomic E-state index is 12.0. The Morgan fingerprint density at radius 3 is 2.58 bits per heavy atom. The normalized spacial score (nSPS) is 11.2. The Bertz CT molecular complexity index is 611. The van der Waals surface area contributed by atoms with Gasteiger partial charge in [-0.05, 0) is 6.42 Å². The minimum Gasteiger partial charge on any atom is -0.354 e. The highest BCUT2D eigenvalue weighted by atomic mass is 32.2. The summed E-state index contributed by atoms with van der Waals surface area (Å²) in [6.45, 7) is 2.75. The van der Waals surface area contributed by atoms with Crippen molar-refractivity contribution in [1.29, 1.82) is 0 Å². The minimum absolute atomic E-state index is 0.0112. The van der Waals surface area contributed by atoms with Gasteiger partial charge in [0.1, 0.15) is 9.90 Å². The van der Waals surface area contributed by atoms with Gasteiger partial charge in [-0.25, -0.2) is 18.4 Å². The van der Waals surface area contributed by atoms with Crippen molar-refractivity contribution in [3.8, 4) is 0 Å². The number of nitrogens with one attached hydrogen (secondary N) is 2. The highest BCUT2D eigenvalue weighted by Crippen LogP contribution is 2.16. The van der Waals surface area contributed by atoms with Crippen LogP contribution in [0.4, 0.5) is 10.9 Å². The zero-order valence-corrected chi connectivity index (χ0v) is 11.7. The van der Waals surface area contributed by atoms with Gasteiger partial charge in [0.25, 0.3) is 10.0 Å². The molecule has 0 aliphatic carbocycles. The van der Waals surface area contributed by atoms with E-state index in [2.05, 4.69) is 29.6 Å². The van der Waals surface area contributed by atoms with E-state index in [1.165, 1.54) is 18.6 Å². The van der Waals surface area contributed by atoms with E-state index in [0.717, 1.165) is 24.5 Å². The number of aromatic nitrogens is 4. The summed E-state index contributed by atoms with van der Waals surface area (Å²) in [6, 6.07) is 0. The molecule has 0 aliphatic heterocycles. The average Bonchev–Trinajstić information content (AvgIpc) is 2.89. The molecule has 2 rings (SSSR count). The Balaban J connectivity index is 2.12. The lowest BCUT2D eigenvalue weighted by molar-refractivity contribution is 0.600. The summed E-state index contributed by atoms with van der Waals surface area (Å²) >= 11 is 0.954. The van der Waals surface area contributed by atoms with Crippen LogP contribution >= 0.6 is 11.5 Å². The van der Waals surface area contributed by atoms with E-state index in [4.69, 9.17) is 0 Å². The van der Waals surface area contributed by atoms with Crippen molar-refractivity contribution in [1.82, 2.24) is 19.6 Å². The van der Waals surface area contributed by atoms with Crippen LogP contribution in [0.15, 0.2) is 23.5 Å². The number of sulfonamides is 1. The molecule has 0 spiro atoms. The molecule has 0 aromatic carbocycles.